The molecule has 2 aliphatic heterocycles. The van der Waals surface area contributed by atoms with Crippen molar-refractivity contribution in [1.29, 1.82) is 0 Å². The molecule has 2 aromatic rings. The van der Waals surface area contributed by atoms with E-state index in [0.29, 0.717) is 17.9 Å². The Balaban J connectivity index is 1.67. The van der Waals surface area contributed by atoms with Crippen molar-refractivity contribution in [2.75, 3.05) is 0 Å². The molecule has 2 unspecified atom stereocenters. The third-order valence-corrected chi connectivity index (χ3v) is 5.03. The van der Waals surface area contributed by atoms with Crippen molar-refractivity contribution >= 4 is 16.6 Å². The van der Waals surface area contributed by atoms with Crippen LogP contribution in [-0.4, -0.2) is 22.9 Å². The van der Waals surface area contributed by atoms with Gasteiger partial charge in [0.25, 0.3) is 0 Å². The van der Waals surface area contributed by atoms with Crippen LogP contribution in [0.1, 0.15) is 42.5 Å². The van der Waals surface area contributed by atoms with Crippen molar-refractivity contribution < 1.29 is 4.79 Å². The number of carbonyl (C=O) groups excluding carboxylic acids is 1. The maximum atomic E-state index is 13.0. The summed E-state index contributed by atoms with van der Waals surface area (Å²) in [6.07, 6.45) is 9.34. The van der Waals surface area contributed by atoms with Crippen LogP contribution in [0.5, 0.6) is 0 Å². The number of hydrogen-bond donors (Lipinski definition) is 1. The van der Waals surface area contributed by atoms with Gasteiger partial charge in [0.1, 0.15) is 0 Å². The molecule has 108 valence electrons. The van der Waals surface area contributed by atoms with Gasteiger partial charge in [0.15, 0.2) is 5.78 Å². The minimum absolute atomic E-state index is 0.173. The molecule has 0 aliphatic carbocycles. The van der Waals surface area contributed by atoms with E-state index in [0.717, 1.165) is 29.2 Å². The lowest BCUT2D eigenvalue weighted by atomic mass is 9.77. The van der Waals surface area contributed by atoms with E-state index in [4.69, 9.17) is 0 Å². The van der Waals surface area contributed by atoms with Crippen LogP contribution < -0.4 is 5.32 Å². The van der Waals surface area contributed by atoms with Gasteiger partial charge in [0.05, 0.1) is 0 Å². The summed E-state index contributed by atoms with van der Waals surface area (Å²) in [4.78, 5) is 17.2. The van der Waals surface area contributed by atoms with Gasteiger partial charge in [0, 0.05) is 41.3 Å². The Morgan fingerprint density at radius 2 is 1.95 bits per heavy atom. The van der Waals surface area contributed by atoms with Crippen molar-refractivity contribution in [1.82, 2.24) is 10.3 Å². The normalized spacial score (nSPS) is 28.5. The molecule has 3 heterocycles. The number of aromatic nitrogens is 1. The van der Waals surface area contributed by atoms with Crippen molar-refractivity contribution in [3.8, 4) is 0 Å². The van der Waals surface area contributed by atoms with Gasteiger partial charge >= 0.3 is 0 Å². The molecule has 21 heavy (non-hydrogen) atoms. The standard InChI is InChI=1S/C18H20N2O/c21-18(13-9-14-4-2-5-15(10-13)20-14)16-6-1-3-12-7-8-19-11-17(12)16/h1,3,6-8,11,13-15,20H,2,4-5,9-10H2. The third-order valence-electron chi connectivity index (χ3n) is 5.03. The van der Waals surface area contributed by atoms with Gasteiger partial charge in [0.2, 0.25) is 0 Å². The Labute approximate surface area is 124 Å². The number of nitrogens with zero attached hydrogens (tertiary/aromatic N) is 1. The fourth-order valence-corrected chi connectivity index (χ4v) is 4.03. The lowest BCUT2D eigenvalue weighted by molar-refractivity contribution is 0.0827. The molecular weight excluding hydrogens is 260 g/mol. The first-order valence-corrected chi connectivity index (χ1v) is 7.94. The summed E-state index contributed by atoms with van der Waals surface area (Å²) in [5.74, 6) is 0.486. The number of ketones is 1. The first-order chi connectivity index (χ1) is 10.3. The Hall–Kier alpha value is -1.74. The van der Waals surface area contributed by atoms with Crippen LogP contribution in [-0.2, 0) is 0 Å². The molecule has 2 aliphatic rings. The Morgan fingerprint density at radius 1 is 1.14 bits per heavy atom. The molecule has 0 saturated carbocycles. The van der Waals surface area contributed by atoms with Crippen molar-refractivity contribution in [2.45, 2.75) is 44.2 Å². The van der Waals surface area contributed by atoms with E-state index >= 15 is 0 Å². The van der Waals surface area contributed by atoms with E-state index in [1.165, 1.54) is 19.3 Å². The molecule has 2 saturated heterocycles. The molecule has 0 radical (unpaired) electrons. The third kappa shape index (κ3) is 2.36. The van der Waals surface area contributed by atoms with Crippen LogP contribution in [0, 0.1) is 5.92 Å². The van der Waals surface area contributed by atoms with E-state index in [9.17, 15) is 4.79 Å². The average molecular weight is 280 g/mol. The van der Waals surface area contributed by atoms with Gasteiger partial charge in [-0.2, -0.15) is 0 Å². The van der Waals surface area contributed by atoms with Gasteiger partial charge in [-0.3, -0.25) is 9.78 Å². The van der Waals surface area contributed by atoms with Crippen LogP contribution in [0.4, 0.5) is 0 Å². The van der Waals surface area contributed by atoms with Gasteiger partial charge in [-0.05, 0) is 37.1 Å². The van der Waals surface area contributed by atoms with Crippen molar-refractivity contribution in [3.63, 3.8) is 0 Å². The summed E-state index contributed by atoms with van der Waals surface area (Å²) in [7, 11) is 0. The largest absolute Gasteiger partial charge is 0.311 e. The lowest BCUT2D eigenvalue weighted by Crippen LogP contribution is -2.50. The molecule has 2 bridgehead atoms. The zero-order chi connectivity index (χ0) is 14.2. The first-order valence-electron chi connectivity index (χ1n) is 7.94. The van der Waals surface area contributed by atoms with Gasteiger partial charge in [-0.15, -0.1) is 0 Å². The van der Waals surface area contributed by atoms with E-state index in [1.807, 2.05) is 30.5 Å². The summed E-state index contributed by atoms with van der Waals surface area (Å²) in [5, 5.41) is 5.76. The monoisotopic (exact) mass is 280 g/mol. The minimum atomic E-state index is 0.173. The quantitative estimate of drug-likeness (QED) is 0.858. The minimum Gasteiger partial charge on any atom is -0.311 e. The average Bonchev–Trinajstić information content (AvgIpc) is 2.53. The molecule has 3 nitrogen and oxygen atoms in total. The molecule has 2 fully saturated rings. The van der Waals surface area contributed by atoms with Crippen molar-refractivity contribution in [2.24, 2.45) is 5.92 Å². The number of fused-ring (bicyclic) bond motifs is 3. The summed E-state index contributed by atoms with van der Waals surface area (Å²) in [6.45, 7) is 0. The molecule has 2 atom stereocenters. The fourth-order valence-electron chi connectivity index (χ4n) is 4.03. The lowest BCUT2D eigenvalue weighted by Gasteiger charge is -2.39. The number of rotatable bonds is 2. The predicted octanol–water partition coefficient (Wildman–Crippen LogP) is 3.34. The fraction of sp³-hybridized carbons (Fsp3) is 0.444. The molecular formula is C18H20N2O. The number of benzene rings is 1. The van der Waals surface area contributed by atoms with Crippen LogP contribution in [0.3, 0.4) is 0 Å². The van der Waals surface area contributed by atoms with Gasteiger partial charge in [-0.1, -0.05) is 24.6 Å². The van der Waals surface area contributed by atoms with Crippen LogP contribution >= 0.6 is 0 Å². The maximum absolute atomic E-state index is 13.0. The molecule has 0 amide bonds. The second kappa shape index (κ2) is 5.23. The summed E-state index contributed by atoms with van der Waals surface area (Å²) in [6, 6.07) is 9.05. The molecule has 0 spiro atoms. The van der Waals surface area contributed by atoms with Crippen LogP contribution in [0.2, 0.25) is 0 Å². The van der Waals surface area contributed by atoms with Gasteiger partial charge < -0.3 is 5.32 Å². The van der Waals surface area contributed by atoms with E-state index < -0.39 is 0 Å². The Kier molecular flexibility index (Phi) is 3.23. The predicted molar refractivity (Wildman–Crippen MR) is 83.4 cm³/mol. The van der Waals surface area contributed by atoms with E-state index in [-0.39, 0.29) is 5.92 Å². The number of carbonyl (C=O) groups is 1. The second-order valence-electron chi connectivity index (χ2n) is 6.43. The molecule has 1 N–H and O–H groups in total. The Morgan fingerprint density at radius 3 is 2.76 bits per heavy atom. The Bertz CT molecular complexity index is 664. The van der Waals surface area contributed by atoms with Gasteiger partial charge in [-0.25, -0.2) is 0 Å². The molecule has 1 aromatic carbocycles. The highest BCUT2D eigenvalue weighted by Crippen LogP contribution is 2.33. The molecule has 3 heteroatoms. The SMILES string of the molecule is O=C(c1cccc2ccncc12)C1CC2CCCC(C1)N2. The first kappa shape index (κ1) is 13.0. The second-order valence-corrected chi connectivity index (χ2v) is 6.43. The van der Waals surface area contributed by atoms with E-state index in [1.54, 1.807) is 6.20 Å². The molecule has 1 aromatic heterocycles. The zero-order valence-electron chi connectivity index (χ0n) is 12.1. The van der Waals surface area contributed by atoms with Crippen LogP contribution in [0.25, 0.3) is 10.8 Å². The summed E-state index contributed by atoms with van der Waals surface area (Å²) >= 11 is 0. The number of pyridine rings is 1. The smallest absolute Gasteiger partial charge is 0.166 e. The summed E-state index contributed by atoms with van der Waals surface area (Å²) < 4.78 is 0. The van der Waals surface area contributed by atoms with E-state index in [2.05, 4.69) is 10.3 Å². The zero-order valence-corrected chi connectivity index (χ0v) is 12.1. The highest BCUT2D eigenvalue weighted by molar-refractivity contribution is 6.08. The summed E-state index contributed by atoms with van der Waals surface area (Å²) in [5.41, 5.74) is 0.852. The maximum Gasteiger partial charge on any atom is 0.166 e. The highest BCUT2D eigenvalue weighted by atomic mass is 16.1. The highest BCUT2D eigenvalue weighted by Gasteiger charge is 2.35. The van der Waals surface area contributed by atoms with Crippen LogP contribution in [0.15, 0.2) is 36.7 Å². The number of piperidine rings is 2. The van der Waals surface area contributed by atoms with Crippen molar-refractivity contribution in [3.05, 3.63) is 42.2 Å². The number of Topliss-reactive ketones (excluding diaryl/α,β-unsaturated/α-hetero) is 1. The molecule has 4 rings (SSSR count). The number of nitrogens with one attached hydrogen (secondary N) is 1. The topological polar surface area (TPSA) is 42.0 Å². The number of hydrogen-bond acceptors (Lipinski definition) is 3.